The van der Waals surface area contributed by atoms with Crippen LogP contribution in [0.15, 0.2) is 48.5 Å². The van der Waals surface area contributed by atoms with Crippen molar-refractivity contribution in [3.8, 4) is 5.75 Å². The summed E-state index contributed by atoms with van der Waals surface area (Å²) in [5.41, 5.74) is -0.503. The zero-order valence-corrected chi connectivity index (χ0v) is 20.3. The summed E-state index contributed by atoms with van der Waals surface area (Å²) in [5.74, 6) is 5.81. The Kier molecular flexibility index (Phi) is 7.23. The van der Waals surface area contributed by atoms with Gasteiger partial charge in [-0.15, -0.1) is 13.2 Å². The highest BCUT2D eigenvalue weighted by Crippen LogP contribution is 2.42. The molecule has 2 N–H and O–H groups in total. The number of anilines is 1. The van der Waals surface area contributed by atoms with Crippen molar-refractivity contribution in [1.82, 2.24) is 5.01 Å². The Morgan fingerprint density at radius 3 is 2.18 bits per heavy atom. The van der Waals surface area contributed by atoms with Crippen LogP contribution in [-0.4, -0.2) is 47.3 Å². The van der Waals surface area contributed by atoms with Gasteiger partial charge in [0.25, 0.3) is 0 Å². The zero-order valence-electron chi connectivity index (χ0n) is 18.6. The second kappa shape index (κ2) is 9.36. The molecule has 1 fully saturated rings. The van der Waals surface area contributed by atoms with Crippen molar-refractivity contribution in [3.63, 3.8) is 0 Å². The summed E-state index contributed by atoms with van der Waals surface area (Å²) in [6.07, 6.45) is -1.62. The number of halogens is 3. The summed E-state index contributed by atoms with van der Waals surface area (Å²) in [6.45, 7) is 0.489. The molecule has 0 radical (unpaired) electrons. The quantitative estimate of drug-likeness (QED) is 0.558. The average molecular weight is 522 g/mol. The van der Waals surface area contributed by atoms with E-state index < -0.39 is 37.7 Å². The van der Waals surface area contributed by atoms with Crippen molar-refractivity contribution in [2.45, 2.75) is 37.6 Å². The molecule has 1 saturated heterocycles. The number of benzene rings is 2. The molecule has 0 aliphatic carbocycles. The molecule has 34 heavy (non-hydrogen) atoms. The van der Waals surface area contributed by atoms with Gasteiger partial charge >= 0.3 is 6.36 Å². The van der Waals surface area contributed by atoms with Gasteiger partial charge in [-0.2, -0.15) is 3.71 Å². The molecule has 0 amide bonds. The van der Waals surface area contributed by atoms with Crippen LogP contribution in [0.2, 0.25) is 0 Å². The molecule has 1 unspecified atom stereocenters. The van der Waals surface area contributed by atoms with E-state index >= 15 is 0 Å². The van der Waals surface area contributed by atoms with E-state index in [2.05, 4.69) is 4.74 Å². The molecule has 13 heteroatoms. The first kappa shape index (κ1) is 26.3. The lowest BCUT2D eigenvalue weighted by molar-refractivity contribution is -0.275. The number of rotatable bonds is 7. The predicted molar refractivity (Wildman–Crippen MR) is 122 cm³/mol. The SMILES string of the molecule is CS(=O)(=O)N(c1ccc(OC(F)(F)F)c(CC2(c3ccccc3)CCCCN2N)c1)S(C)(=O)=O. The lowest BCUT2D eigenvalue weighted by Crippen LogP contribution is -2.54. The normalized spacial score (nSPS) is 20.2. The summed E-state index contributed by atoms with van der Waals surface area (Å²) >= 11 is 0. The van der Waals surface area contributed by atoms with Crippen LogP contribution in [-0.2, 0) is 32.0 Å². The Hall–Kier alpha value is -2.35. The van der Waals surface area contributed by atoms with E-state index in [0.29, 0.717) is 25.5 Å². The molecule has 2 aromatic carbocycles. The Morgan fingerprint density at radius 1 is 1.03 bits per heavy atom. The molecule has 0 saturated carbocycles. The third-order valence-electron chi connectivity index (χ3n) is 5.67. The zero-order chi connectivity index (χ0) is 25.4. The minimum absolute atomic E-state index is 0.0340. The van der Waals surface area contributed by atoms with Crippen LogP contribution in [0.5, 0.6) is 5.75 Å². The number of nitrogens with two attached hydrogens (primary N) is 1. The average Bonchev–Trinajstić information content (AvgIpc) is 2.69. The number of piperidine rings is 1. The van der Waals surface area contributed by atoms with Gasteiger partial charge in [-0.3, -0.25) is 5.84 Å². The van der Waals surface area contributed by atoms with Crippen LogP contribution in [0.3, 0.4) is 0 Å². The van der Waals surface area contributed by atoms with Crippen molar-refractivity contribution in [1.29, 1.82) is 0 Å². The van der Waals surface area contributed by atoms with Gasteiger partial charge in [0.1, 0.15) is 5.75 Å². The molecule has 3 rings (SSSR count). The van der Waals surface area contributed by atoms with Crippen molar-refractivity contribution >= 4 is 25.7 Å². The second-order valence-corrected chi connectivity index (χ2v) is 12.2. The number of alkyl halides is 3. The van der Waals surface area contributed by atoms with Gasteiger partial charge in [0.2, 0.25) is 20.0 Å². The number of hydrogen-bond acceptors (Lipinski definition) is 7. The van der Waals surface area contributed by atoms with Gasteiger partial charge in [-0.25, -0.2) is 21.8 Å². The molecular weight excluding hydrogens is 495 g/mol. The fourth-order valence-corrected chi connectivity index (χ4v) is 7.35. The van der Waals surface area contributed by atoms with Crippen LogP contribution in [0, 0.1) is 0 Å². The number of hydrazine groups is 1. The predicted octanol–water partition coefficient (Wildman–Crippen LogP) is 3.11. The van der Waals surface area contributed by atoms with E-state index in [9.17, 15) is 30.0 Å². The lowest BCUT2D eigenvalue weighted by Gasteiger charge is -2.45. The highest BCUT2D eigenvalue weighted by atomic mass is 32.3. The maximum Gasteiger partial charge on any atom is 0.573 e. The van der Waals surface area contributed by atoms with Gasteiger partial charge in [0, 0.05) is 6.54 Å². The monoisotopic (exact) mass is 521 g/mol. The Balaban J connectivity index is 2.21. The second-order valence-electron chi connectivity index (χ2n) is 8.29. The van der Waals surface area contributed by atoms with Gasteiger partial charge in [0.15, 0.2) is 0 Å². The van der Waals surface area contributed by atoms with Crippen molar-refractivity contribution < 1.29 is 34.7 Å². The molecule has 2 aromatic rings. The molecule has 1 heterocycles. The number of sulfonamides is 2. The molecule has 1 aliphatic heterocycles. The highest BCUT2D eigenvalue weighted by Gasteiger charge is 2.41. The highest BCUT2D eigenvalue weighted by molar-refractivity contribution is 8.09. The molecule has 1 atom stereocenters. The van der Waals surface area contributed by atoms with E-state index in [-0.39, 0.29) is 21.4 Å². The number of ether oxygens (including phenoxy) is 1. The van der Waals surface area contributed by atoms with Crippen LogP contribution in [0.25, 0.3) is 0 Å². The third kappa shape index (κ3) is 5.82. The van der Waals surface area contributed by atoms with Gasteiger partial charge in [-0.05, 0) is 55.0 Å². The Morgan fingerprint density at radius 2 is 1.65 bits per heavy atom. The summed E-state index contributed by atoms with van der Waals surface area (Å²) in [4.78, 5) is 0. The topological polar surface area (TPSA) is 110 Å². The number of hydrogen-bond donors (Lipinski definition) is 1. The minimum atomic E-state index is -5.02. The van der Waals surface area contributed by atoms with E-state index in [0.717, 1.165) is 36.6 Å². The van der Waals surface area contributed by atoms with E-state index in [1.165, 1.54) is 0 Å². The van der Waals surface area contributed by atoms with Gasteiger partial charge < -0.3 is 4.74 Å². The smallest absolute Gasteiger partial charge is 0.405 e. The molecule has 1 aliphatic rings. The molecule has 0 spiro atoms. The van der Waals surface area contributed by atoms with E-state index in [4.69, 9.17) is 5.84 Å². The fourth-order valence-electron chi connectivity index (χ4n) is 4.39. The number of nitrogens with zero attached hydrogens (tertiary/aromatic N) is 2. The minimum Gasteiger partial charge on any atom is -0.405 e. The van der Waals surface area contributed by atoms with Crippen LogP contribution in [0.1, 0.15) is 30.4 Å². The van der Waals surface area contributed by atoms with E-state index in [1.54, 1.807) is 23.2 Å². The standard InChI is InChI=1S/C21H26F3N3O5S2/c1-33(28,29)27(34(2,30)31)18-10-11-19(32-21(22,23)24)16(14-18)15-20(12-6-7-13-26(20)25)17-8-4-3-5-9-17/h3-5,8-11,14H,6-7,12-13,15,25H2,1-2H3. The summed E-state index contributed by atoms with van der Waals surface area (Å²) < 4.78 is 92.9. The Bertz CT molecular complexity index is 1210. The fraction of sp³-hybridized carbons (Fsp3) is 0.429. The van der Waals surface area contributed by atoms with Gasteiger partial charge in [0.05, 0.1) is 23.7 Å². The van der Waals surface area contributed by atoms with Crippen molar-refractivity contribution in [2.75, 3.05) is 22.8 Å². The molecule has 0 aromatic heterocycles. The van der Waals surface area contributed by atoms with Crippen molar-refractivity contribution in [2.24, 2.45) is 5.84 Å². The van der Waals surface area contributed by atoms with E-state index in [1.807, 2.05) is 12.1 Å². The largest absolute Gasteiger partial charge is 0.573 e. The third-order valence-corrected chi connectivity index (χ3v) is 8.92. The van der Waals surface area contributed by atoms with Crippen molar-refractivity contribution in [3.05, 3.63) is 59.7 Å². The first-order valence-electron chi connectivity index (χ1n) is 10.3. The first-order chi connectivity index (χ1) is 15.6. The summed E-state index contributed by atoms with van der Waals surface area (Å²) in [5, 5.41) is 1.57. The first-order valence-corrected chi connectivity index (χ1v) is 14.0. The van der Waals surface area contributed by atoms with Crippen LogP contribution >= 0.6 is 0 Å². The lowest BCUT2D eigenvalue weighted by atomic mass is 9.77. The van der Waals surface area contributed by atoms with Crippen LogP contribution < -0.4 is 14.3 Å². The molecule has 0 bridgehead atoms. The maximum atomic E-state index is 13.2. The molecular formula is C21H26F3N3O5S2. The maximum absolute atomic E-state index is 13.2. The molecule has 188 valence electrons. The summed E-state index contributed by atoms with van der Waals surface area (Å²) in [6, 6.07) is 12.0. The molecule has 8 nitrogen and oxygen atoms in total. The van der Waals surface area contributed by atoms with Gasteiger partial charge in [-0.1, -0.05) is 30.3 Å². The summed E-state index contributed by atoms with van der Waals surface area (Å²) in [7, 11) is -8.61. The van der Waals surface area contributed by atoms with Crippen LogP contribution in [0.4, 0.5) is 18.9 Å². The Labute approximate surface area is 197 Å².